The summed E-state index contributed by atoms with van der Waals surface area (Å²) in [6, 6.07) is 0.322. The normalized spacial score (nSPS) is 22.4. The number of thioether (sulfide) groups is 1. The third-order valence-corrected chi connectivity index (χ3v) is 4.82. The van der Waals surface area contributed by atoms with E-state index in [1.54, 1.807) is 13.3 Å². The number of aryl methyl sites for hydroxylation is 1. The van der Waals surface area contributed by atoms with Crippen LogP contribution < -0.4 is 10.1 Å². The summed E-state index contributed by atoms with van der Waals surface area (Å²) in [4.78, 5) is 0. The maximum Gasteiger partial charge on any atom is 0.161 e. The first-order chi connectivity index (χ1) is 8.27. The fraction of sp³-hybridized carbons (Fsp3) is 0.750. The summed E-state index contributed by atoms with van der Waals surface area (Å²) in [6.45, 7) is 0. The molecule has 0 spiro atoms. The third-order valence-electron chi connectivity index (χ3n) is 3.36. The number of nitrogens with one attached hydrogen (secondary N) is 1. The van der Waals surface area contributed by atoms with Crippen molar-refractivity contribution in [3.8, 4) is 5.75 Å². The molecule has 2 unspecified atom stereocenters. The predicted molar refractivity (Wildman–Crippen MR) is 71.7 cm³/mol. The highest BCUT2D eigenvalue weighted by Crippen LogP contribution is 2.37. The van der Waals surface area contributed by atoms with Crippen LogP contribution in [0, 0.1) is 0 Å². The minimum atomic E-state index is 0.322. The second kappa shape index (κ2) is 5.78. The second-order valence-corrected chi connectivity index (χ2v) is 5.74. The number of nitrogens with zero attached hydrogens (tertiary/aromatic N) is 2. The van der Waals surface area contributed by atoms with Gasteiger partial charge in [0.1, 0.15) is 0 Å². The quantitative estimate of drug-likeness (QED) is 0.893. The van der Waals surface area contributed by atoms with Gasteiger partial charge in [-0.2, -0.15) is 16.9 Å². The molecule has 5 heteroatoms. The van der Waals surface area contributed by atoms with E-state index in [9.17, 15) is 0 Å². The van der Waals surface area contributed by atoms with Gasteiger partial charge in [0.25, 0.3) is 0 Å². The molecule has 0 saturated carbocycles. The minimum absolute atomic E-state index is 0.322. The van der Waals surface area contributed by atoms with Crippen LogP contribution in [0.3, 0.4) is 0 Å². The molecule has 17 heavy (non-hydrogen) atoms. The Balaban J connectivity index is 2.23. The monoisotopic (exact) mass is 255 g/mol. The Bertz CT molecular complexity index is 361. The maximum atomic E-state index is 5.41. The van der Waals surface area contributed by atoms with Crippen LogP contribution in [0.5, 0.6) is 5.75 Å². The van der Waals surface area contributed by atoms with E-state index in [0.29, 0.717) is 11.3 Å². The summed E-state index contributed by atoms with van der Waals surface area (Å²) in [5.41, 5.74) is 1.16. The van der Waals surface area contributed by atoms with E-state index >= 15 is 0 Å². The van der Waals surface area contributed by atoms with Crippen molar-refractivity contribution in [3.05, 3.63) is 11.9 Å². The fourth-order valence-electron chi connectivity index (χ4n) is 2.47. The Kier molecular flexibility index (Phi) is 4.34. The van der Waals surface area contributed by atoms with Crippen LogP contribution in [0.2, 0.25) is 0 Å². The molecule has 4 nitrogen and oxygen atoms in total. The summed E-state index contributed by atoms with van der Waals surface area (Å²) in [6.07, 6.45) is 5.74. The number of methoxy groups -OCH3 is 1. The van der Waals surface area contributed by atoms with E-state index in [1.165, 1.54) is 25.0 Å². The summed E-state index contributed by atoms with van der Waals surface area (Å²) in [5, 5.41) is 8.34. The Morgan fingerprint density at radius 1 is 1.59 bits per heavy atom. The van der Waals surface area contributed by atoms with E-state index in [-0.39, 0.29) is 0 Å². The molecule has 1 aromatic rings. The molecule has 2 rings (SSSR count). The molecule has 1 aliphatic heterocycles. The number of hydrogen-bond acceptors (Lipinski definition) is 4. The van der Waals surface area contributed by atoms with Crippen molar-refractivity contribution in [3.63, 3.8) is 0 Å². The van der Waals surface area contributed by atoms with E-state index in [2.05, 4.69) is 22.2 Å². The molecule has 1 N–H and O–H groups in total. The first-order valence-electron chi connectivity index (χ1n) is 6.12. The highest BCUT2D eigenvalue weighted by Gasteiger charge is 2.29. The molecule has 0 aromatic carbocycles. The van der Waals surface area contributed by atoms with Gasteiger partial charge in [-0.25, -0.2) is 0 Å². The van der Waals surface area contributed by atoms with Gasteiger partial charge < -0.3 is 10.1 Å². The zero-order valence-corrected chi connectivity index (χ0v) is 11.6. The standard InChI is InChI=1S/C12H21N3OS/c1-13-11(10-6-4-5-7-17-10)12-9(16-3)8-14-15(12)2/h8,10-11,13H,4-7H2,1-3H3. The van der Waals surface area contributed by atoms with Crippen LogP contribution in [0.1, 0.15) is 31.0 Å². The van der Waals surface area contributed by atoms with Gasteiger partial charge in [-0.1, -0.05) is 6.42 Å². The molecule has 0 radical (unpaired) electrons. The zero-order chi connectivity index (χ0) is 12.3. The van der Waals surface area contributed by atoms with E-state index in [4.69, 9.17) is 4.74 Å². The van der Waals surface area contributed by atoms with Gasteiger partial charge in [-0.3, -0.25) is 4.68 Å². The van der Waals surface area contributed by atoms with Crippen LogP contribution in [0.25, 0.3) is 0 Å². The Morgan fingerprint density at radius 2 is 2.41 bits per heavy atom. The first-order valence-corrected chi connectivity index (χ1v) is 7.17. The maximum absolute atomic E-state index is 5.41. The van der Waals surface area contributed by atoms with Gasteiger partial charge in [-0.15, -0.1) is 0 Å². The molecule has 2 atom stereocenters. The molecular formula is C12H21N3OS. The smallest absolute Gasteiger partial charge is 0.161 e. The van der Waals surface area contributed by atoms with Crippen molar-refractivity contribution in [2.45, 2.75) is 30.6 Å². The van der Waals surface area contributed by atoms with E-state index in [0.717, 1.165) is 11.4 Å². The first kappa shape index (κ1) is 12.8. The molecule has 2 heterocycles. The van der Waals surface area contributed by atoms with Crippen LogP contribution in [0.4, 0.5) is 0 Å². The molecule has 1 aliphatic rings. The lowest BCUT2D eigenvalue weighted by Gasteiger charge is -2.30. The topological polar surface area (TPSA) is 39.1 Å². The van der Waals surface area contributed by atoms with Gasteiger partial charge in [0.2, 0.25) is 0 Å². The third kappa shape index (κ3) is 2.60. The van der Waals surface area contributed by atoms with E-state index in [1.807, 2.05) is 18.8 Å². The Morgan fingerprint density at radius 3 is 3.00 bits per heavy atom. The van der Waals surface area contributed by atoms with Gasteiger partial charge in [0, 0.05) is 12.3 Å². The second-order valence-electron chi connectivity index (χ2n) is 4.39. The SMILES string of the molecule is CNC(c1c(OC)cnn1C)C1CCCCS1. The highest BCUT2D eigenvalue weighted by atomic mass is 32.2. The van der Waals surface area contributed by atoms with Crippen molar-refractivity contribution in [1.82, 2.24) is 15.1 Å². The summed E-state index contributed by atoms with van der Waals surface area (Å²) in [5.74, 6) is 2.15. The average molecular weight is 255 g/mol. The fourth-order valence-corrected chi connectivity index (χ4v) is 3.93. The lowest BCUT2D eigenvalue weighted by atomic mass is 10.0. The Hall–Kier alpha value is -0.680. The van der Waals surface area contributed by atoms with Crippen molar-refractivity contribution in [1.29, 1.82) is 0 Å². The van der Waals surface area contributed by atoms with Gasteiger partial charge in [0.05, 0.1) is 25.0 Å². The number of hydrogen-bond donors (Lipinski definition) is 1. The molecular weight excluding hydrogens is 234 g/mol. The van der Waals surface area contributed by atoms with Gasteiger partial charge in [0.15, 0.2) is 5.75 Å². The van der Waals surface area contributed by atoms with Crippen LogP contribution in [-0.4, -0.2) is 34.9 Å². The summed E-state index contributed by atoms with van der Waals surface area (Å²) < 4.78 is 7.33. The molecule has 0 bridgehead atoms. The zero-order valence-electron chi connectivity index (χ0n) is 10.8. The van der Waals surface area contributed by atoms with Crippen LogP contribution in [0.15, 0.2) is 6.20 Å². The van der Waals surface area contributed by atoms with Crippen molar-refractivity contribution < 1.29 is 4.74 Å². The van der Waals surface area contributed by atoms with Crippen molar-refractivity contribution in [2.75, 3.05) is 19.9 Å². The van der Waals surface area contributed by atoms with E-state index < -0.39 is 0 Å². The summed E-state index contributed by atoms with van der Waals surface area (Å²) in [7, 11) is 5.71. The lowest BCUT2D eigenvalue weighted by Crippen LogP contribution is -2.31. The molecule has 0 amide bonds. The van der Waals surface area contributed by atoms with Gasteiger partial charge in [-0.05, 0) is 25.6 Å². The van der Waals surface area contributed by atoms with Crippen LogP contribution >= 0.6 is 11.8 Å². The molecule has 1 aromatic heterocycles. The average Bonchev–Trinajstić information content (AvgIpc) is 2.74. The van der Waals surface area contributed by atoms with Crippen LogP contribution in [-0.2, 0) is 7.05 Å². The van der Waals surface area contributed by atoms with Crippen molar-refractivity contribution >= 4 is 11.8 Å². The predicted octanol–water partition coefficient (Wildman–Crippen LogP) is 1.97. The number of rotatable bonds is 4. The van der Waals surface area contributed by atoms with Gasteiger partial charge >= 0.3 is 0 Å². The highest BCUT2D eigenvalue weighted by molar-refractivity contribution is 8.00. The molecule has 1 fully saturated rings. The minimum Gasteiger partial charge on any atom is -0.493 e. The number of aromatic nitrogens is 2. The Labute approximate surface area is 107 Å². The van der Waals surface area contributed by atoms with Crippen molar-refractivity contribution in [2.24, 2.45) is 7.05 Å². The summed E-state index contributed by atoms with van der Waals surface area (Å²) >= 11 is 2.06. The molecule has 96 valence electrons. The molecule has 0 aliphatic carbocycles. The molecule has 1 saturated heterocycles. The lowest BCUT2D eigenvalue weighted by molar-refractivity contribution is 0.392. The largest absolute Gasteiger partial charge is 0.493 e. The number of ether oxygens (including phenoxy) is 1.